The highest BCUT2D eigenvalue weighted by molar-refractivity contribution is 6.10. The summed E-state index contributed by atoms with van der Waals surface area (Å²) in [5.41, 5.74) is 2.44. The van der Waals surface area contributed by atoms with Gasteiger partial charge in [-0.05, 0) is 48.5 Å². The van der Waals surface area contributed by atoms with E-state index in [-0.39, 0.29) is 30.1 Å². The first-order valence-electron chi connectivity index (χ1n) is 11.0. The number of nitrogens with one attached hydrogen (secondary N) is 2. The molecule has 3 heterocycles. The summed E-state index contributed by atoms with van der Waals surface area (Å²) >= 11 is 0. The quantitative estimate of drug-likeness (QED) is 0.291. The topological polar surface area (TPSA) is 103 Å². The van der Waals surface area contributed by atoms with Crippen LogP contribution in [-0.2, 0) is 11.3 Å². The maximum absolute atomic E-state index is 14.1. The largest absolute Gasteiger partial charge is 0.335 e. The fraction of sp³-hybridized carbons (Fsp3) is 0.0385. The molecule has 3 amide bonds. The first kappa shape index (κ1) is 22.7. The van der Waals surface area contributed by atoms with E-state index < -0.39 is 5.95 Å². The first-order valence-corrected chi connectivity index (χ1v) is 11.0. The van der Waals surface area contributed by atoms with Crippen molar-refractivity contribution in [1.29, 1.82) is 0 Å². The van der Waals surface area contributed by atoms with Gasteiger partial charge in [-0.3, -0.25) is 9.69 Å². The summed E-state index contributed by atoms with van der Waals surface area (Å²) in [5, 5.41) is 5.52. The van der Waals surface area contributed by atoms with Crippen LogP contribution in [-0.4, -0.2) is 26.9 Å². The van der Waals surface area contributed by atoms with Crippen LogP contribution in [0.5, 0.6) is 0 Å². The average molecular weight is 481 g/mol. The molecule has 9 nitrogen and oxygen atoms in total. The molecule has 0 fully saturated rings. The fourth-order valence-electron chi connectivity index (χ4n) is 3.77. The van der Waals surface area contributed by atoms with Crippen LogP contribution in [0.2, 0.25) is 0 Å². The number of carbonyl (C=O) groups excluding carboxylic acids is 2. The van der Waals surface area contributed by atoms with E-state index in [0.29, 0.717) is 28.4 Å². The van der Waals surface area contributed by atoms with Crippen LogP contribution < -0.4 is 20.4 Å². The zero-order chi connectivity index (χ0) is 25.1. The molecule has 0 saturated heterocycles. The van der Waals surface area contributed by atoms with Crippen molar-refractivity contribution in [3.63, 3.8) is 0 Å². The van der Waals surface area contributed by atoms with E-state index in [0.717, 1.165) is 6.08 Å². The van der Waals surface area contributed by atoms with Gasteiger partial charge < -0.3 is 10.6 Å². The van der Waals surface area contributed by atoms with Gasteiger partial charge in [0.25, 0.3) is 0 Å². The maximum Gasteiger partial charge on any atom is 0.335 e. The predicted molar refractivity (Wildman–Crippen MR) is 135 cm³/mol. The van der Waals surface area contributed by atoms with E-state index in [9.17, 15) is 14.0 Å². The number of carbonyl (C=O) groups is 2. The monoisotopic (exact) mass is 481 g/mol. The predicted octanol–water partition coefficient (Wildman–Crippen LogP) is 5.16. The average Bonchev–Trinajstić information content (AvgIpc) is 2.90. The summed E-state index contributed by atoms with van der Waals surface area (Å²) in [6, 6.07) is 18.8. The number of amides is 3. The van der Waals surface area contributed by atoms with E-state index in [1.807, 2.05) is 30.3 Å². The van der Waals surface area contributed by atoms with Crippen molar-refractivity contribution >= 4 is 46.5 Å². The molecule has 36 heavy (non-hydrogen) atoms. The maximum atomic E-state index is 14.1. The molecule has 0 radical (unpaired) electrons. The standard InChI is InChI=1S/C26H20FN7O2/c1-2-22(35)30-18-8-6-11-20(14-18)34-24-17(16-33(26(34)36)19-9-4-3-5-10-19)15-29-25(32-24)31-21-12-7-13-28-23(21)27/h2-15H,1,16H2,(H,30,35)(H,29,31,32). The van der Waals surface area contributed by atoms with Gasteiger partial charge in [0.1, 0.15) is 0 Å². The SMILES string of the molecule is C=CC(=O)Nc1cccc(N2C(=O)N(c3ccccc3)Cc3cnc(Nc4cccnc4F)nc32)c1. The van der Waals surface area contributed by atoms with Crippen LogP contribution in [0.4, 0.5) is 43.7 Å². The van der Waals surface area contributed by atoms with Crippen LogP contribution in [0.1, 0.15) is 5.56 Å². The molecule has 178 valence electrons. The van der Waals surface area contributed by atoms with Crippen LogP contribution in [0.15, 0.2) is 91.8 Å². The molecule has 0 atom stereocenters. The van der Waals surface area contributed by atoms with Gasteiger partial charge in [0.05, 0.1) is 17.9 Å². The Bertz CT molecular complexity index is 1460. The van der Waals surface area contributed by atoms with Crippen molar-refractivity contribution < 1.29 is 14.0 Å². The molecule has 0 spiro atoms. The number of urea groups is 1. The van der Waals surface area contributed by atoms with E-state index in [2.05, 4.69) is 32.2 Å². The fourth-order valence-corrected chi connectivity index (χ4v) is 3.77. The van der Waals surface area contributed by atoms with Gasteiger partial charge >= 0.3 is 6.03 Å². The third kappa shape index (κ3) is 4.47. The number of fused-ring (bicyclic) bond motifs is 1. The van der Waals surface area contributed by atoms with Gasteiger partial charge in [0.2, 0.25) is 17.8 Å². The van der Waals surface area contributed by atoms with Gasteiger partial charge in [-0.1, -0.05) is 30.8 Å². The lowest BCUT2D eigenvalue weighted by Crippen LogP contribution is -2.45. The molecule has 2 N–H and O–H groups in total. The van der Waals surface area contributed by atoms with Crippen LogP contribution in [0.3, 0.4) is 0 Å². The minimum Gasteiger partial charge on any atom is -0.322 e. The van der Waals surface area contributed by atoms with Crippen LogP contribution in [0.25, 0.3) is 0 Å². The van der Waals surface area contributed by atoms with E-state index in [4.69, 9.17) is 0 Å². The van der Waals surface area contributed by atoms with Crippen molar-refractivity contribution in [1.82, 2.24) is 15.0 Å². The zero-order valence-corrected chi connectivity index (χ0v) is 18.9. The Balaban J connectivity index is 1.59. The molecule has 1 aliphatic heterocycles. The third-order valence-electron chi connectivity index (χ3n) is 5.43. The number of hydrogen-bond donors (Lipinski definition) is 2. The van der Waals surface area contributed by atoms with Gasteiger partial charge in [0.15, 0.2) is 5.82 Å². The summed E-state index contributed by atoms with van der Waals surface area (Å²) in [5.74, 6) is -0.646. The normalized spacial score (nSPS) is 12.6. The van der Waals surface area contributed by atoms with E-state index in [1.54, 1.807) is 41.4 Å². The van der Waals surface area contributed by atoms with Gasteiger partial charge in [-0.2, -0.15) is 9.37 Å². The summed E-state index contributed by atoms with van der Waals surface area (Å²) < 4.78 is 14.1. The van der Waals surface area contributed by atoms with Crippen LogP contribution >= 0.6 is 0 Å². The number of pyridine rings is 1. The Hall–Kier alpha value is -5.12. The Labute approximate surface area is 205 Å². The lowest BCUT2D eigenvalue weighted by atomic mass is 10.1. The summed E-state index contributed by atoms with van der Waals surface area (Å²) in [6.45, 7) is 3.71. The number of rotatable bonds is 6. The number of nitrogens with zero attached hydrogens (tertiary/aromatic N) is 5. The van der Waals surface area contributed by atoms with Crippen molar-refractivity contribution in [2.24, 2.45) is 0 Å². The number of aromatic nitrogens is 3. The van der Waals surface area contributed by atoms with Crippen molar-refractivity contribution in [2.75, 3.05) is 20.4 Å². The number of anilines is 6. The molecule has 0 saturated carbocycles. The minimum atomic E-state index is -0.701. The molecule has 0 aliphatic carbocycles. The second-order valence-electron chi connectivity index (χ2n) is 7.79. The highest BCUT2D eigenvalue weighted by atomic mass is 19.1. The smallest absolute Gasteiger partial charge is 0.322 e. The van der Waals surface area contributed by atoms with Crippen molar-refractivity contribution in [3.05, 3.63) is 103 Å². The van der Waals surface area contributed by atoms with Crippen molar-refractivity contribution in [2.45, 2.75) is 6.54 Å². The lowest BCUT2D eigenvalue weighted by molar-refractivity contribution is -0.111. The Morgan fingerprint density at radius 2 is 1.83 bits per heavy atom. The molecule has 10 heteroatoms. The molecular formula is C26H20FN7O2. The number of halogens is 1. The van der Waals surface area contributed by atoms with Crippen LogP contribution in [0, 0.1) is 5.95 Å². The molecule has 2 aromatic heterocycles. The van der Waals surface area contributed by atoms with E-state index in [1.165, 1.54) is 17.2 Å². The molecule has 1 aliphatic rings. The molecule has 4 aromatic rings. The lowest BCUT2D eigenvalue weighted by Gasteiger charge is -2.36. The highest BCUT2D eigenvalue weighted by Crippen LogP contribution is 2.37. The molecular weight excluding hydrogens is 461 g/mol. The Morgan fingerprint density at radius 3 is 2.61 bits per heavy atom. The van der Waals surface area contributed by atoms with E-state index >= 15 is 0 Å². The molecule has 0 unspecified atom stereocenters. The van der Waals surface area contributed by atoms with Gasteiger partial charge in [-0.15, -0.1) is 0 Å². The molecule has 5 rings (SSSR count). The molecule has 0 bridgehead atoms. The summed E-state index contributed by atoms with van der Waals surface area (Å²) in [4.78, 5) is 41.2. The van der Waals surface area contributed by atoms with Crippen molar-refractivity contribution in [3.8, 4) is 0 Å². The second kappa shape index (κ2) is 9.63. The molecule has 2 aromatic carbocycles. The Morgan fingerprint density at radius 1 is 1.03 bits per heavy atom. The van der Waals surface area contributed by atoms with Gasteiger partial charge in [-0.25, -0.2) is 19.7 Å². The minimum absolute atomic E-state index is 0.0997. The summed E-state index contributed by atoms with van der Waals surface area (Å²) in [6.07, 6.45) is 4.09. The Kier molecular flexibility index (Phi) is 6.06. The third-order valence-corrected chi connectivity index (χ3v) is 5.43. The number of para-hydroxylation sites is 1. The first-order chi connectivity index (χ1) is 17.5. The summed E-state index contributed by atoms with van der Waals surface area (Å²) in [7, 11) is 0. The zero-order valence-electron chi connectivity index (χ0n) is 18.9. The van der Waals surface area contributed by atoms with Gasteiger partial charge in [0, 0.05) is 29.3 Å². The second-order valence-corrected chi connectivity index (χ2v) is 7.79. The number of benzene rings is 2. The highest BCUT2D eigenvalue weighted by Gasteiger charge is 2.34. The number of hydrogen-bond acceptors (Lipinski definition) is 6.